The van der Waals surface area contributed by atoms with Crippen LogP contribution in [0.4, 0.5) is 5.69 Å². The van der Waals surface area contributed by atoms with Crippen LogP contribution in [-0.4, -0.2) is 18.8 Å². The van der Waals surface area contributed by atoms with Gasteiger partial charge in [0.1, 0.15) is 0 Å². The van der Waals surface area contributed by atoms with Crippen LogP contribution in [0, 0.1) is 5.92 Å². The number of hydrogen-bond acceptors (Lipinski definition) is 2. The normalized spacial score (nSPS) is 28.9. The molecule has 20 heavy (non-hydrogen) atoms. The topological polar surface area (TPSA) is 21.3 Å². The molecule has 3 unspecified atom stereocenters. The molecule has 0 radical (unpaired) electrons. The lowest BCUT2D eigenvalue weighted by molar-refractivity contribution is 0.0941. The van der Waals surface area contributed by atoms with Crippen molar-refractivity contribution in [2.75, 3.05) is 11.9 Å². The van der Waals surface area contributed by atoms with E-state index in [4.69, 9.17) is 4.74 Å². The molecule has 2 heteroatoms. The number of rotatable bonds is 5. The van der Waals surface area contributed by atoms with Crippen molar-refractivity contribution in [2.45, 2.75) is 64.1 Å². The molecule has 0 aromatic heterocycles. The SMILES string of the molecule is CCC(C)(C)c1ccc(NCC2CC3CCC2O3)cc1. The highest BCUT2D eigenvalue weighted by Crippen LogP contribution is 2.38. The first-order chi connectivity index (χ1) is 9.58. The van der Waals surface area contributed by atoms with Crippen molar-refractivity contribution < 1.29 is 4.74 Å². The van der Waals surface area contributed by atoms with Crippen molar-refractivity contribution in [1.82, 2.24) is 0 Å². The fourth-order valence-corrected chi connectivity index (χ4v) is 3.45. The van der Waals surface area contributed by atoms with Crippen molar-refractivity contribution in [3.8, 4) is 0 Å². The Balaban J connectivity index is 1.56. The van der Waals surface area contributed by atoms with Crippen molar-refractivity contribution in [3.63, 3.8) is 0 Å². The van der Waals surface area contributed by atoms with Crippen LogP contribution in [-0.2, 0) is 10.2 Å². The average Bonchev–Trinajstić information content (AvgIpc) is 3.08. The van der Waals surface area contributed by atoms with E-state index in [2.05, 4.69) is 50.4 Å². The molecule has 2 heterocycles. The van der Waals surface area contributed by atoms with Gasteiger partial charge in [-0.1, -0.05) is 32.9 Å². The van der Waals surface area contributed by atoms with Crippen molar-refractivity contribution >= 4 is 5.69 Å². The number of ether oxygens (including phenoxy) is 1. The molecule has 2 aliphatic rings. The predicted molar refractivity (Wildman–Crippen MR) is 84.3 cm³/mol. The number of anilines is 1. The minimum absolute atomic E-state index is 0.275. The van der Waals surface area contributed by atoms with Gasteiger partial charge in [-0.15, -0.1) is 0 Å². The summed E-state index contributed by atoms with van der Waals surface area (Å²) in [7, 11) is 0. The smallest absolute Gasteiger partial charge is 0.0625 e. The van der Waals surface area contributed by atoms with E-state index in [1.54, 1.807) is 0 Å². The third-order valence-corrected chi connectivity index (χ3v) is 5.35. The van der Waals surface area contributed by atoms with Crippen LogP contribution in [0.25, 0.3) is 0 Å². The van der Waals surface area contributed by atoms with Gasteiger partial charge in [0, 0.05) is 18.2 Å². The molecular formula is C18H27NO. The first-order valence-electron chi connectivity index (χ1n) is 8.08. The molecule has 2 nitrogen and oxygen atoms in total. The monoisotopic (exact) mass is 273 g/mol. The Kier molecular flexibility index (Phi) is 3.76. The van der Waals surface area contributed by atoms with E-state index in [1.807, 2.05) is 0 Å². The fourth-order valence-electron chi connectivity index (χ4n) is 3.45. The molecule has 3 rings (SSSR count). The summed E-state index contributed by atoms with van der Waals surface area (Å²) in [5, 5.41) is 3.59. The molecule has 0 saturated carbocycles. The van der Waals surface area contributed by atoms with Gasteiger partial charge in [0.25, 0.3) is 0 Å². The summed E-state index contributed by atoms with van der Waals surface area (Å²) in [6.07, 6.45) is 6.04. The van der Waals surface area contributed by atoms with Gasteiger partial charge >= 0.3 is 0 Å². The molecular weight excluding hydrogens is 246 g/mol. The molecule has 2 saturated heterocycles. The Morgan fingerprint density at radius 3 is 2.50 bits per heavy atom. The van der Waals surface area contributed by atoms with E-state index >= 15 is 0 Å². The van der Waals surface area contributed by atoms with E-state index < -0.39 is 0 Å². The van der Waals surface area contributed by atoms with Gasteiger partial charge in [0.05, 0.1) is 12.2 Å². The molecule has 0 amide bonds. The van der Waals surface area contributed by atoms with Crippen LogP contribution >= 0.6 is 0 Å². The summed E-state index contributed by atoms with van der Waals surface area (Å²) >= 11 is 0. The highest BCUT2D eigenvalue weighted by Gasteiger charge is 2.40. The molecule has 2 bridgehead atoms. The first kappa shape index (κ1) is 13.9. The largest absolute Gasteiger partial charge is 0.385 e. The van der Waals surface area contributed by atoms with Gasteiger partial charge in [0.2, 0.25) is 0 Å². The Hall–Kier alpha value is -1.02. The average molecular weight is 273 g/mol. The zero-order valence-corrected chi connectivity index (χ0v) is 13.0. The van der Waals surface area contributed by atoms with E-state index in [0.29, 0.717) is 18.1 Å². The van der Waals surface area contributed by atoms with Crippen molar-refractivity contribution in [3.05, 3.63) is 29.8 Å². The Labute approximate surface area is 122 Å². The summed E-state index contributed by atoms with van der Waals surface area (Å²) in [5.41, 5.74) is 2.94. The molecule has 0 spiro atoms. The number of fused-ring (bicyclic) bond motifs is 2. The van der Waals surface area contributed by atoms with E-state index in [0.717, 1.165) is 6.54 Å². The number of nitrogens with one attached hydrogen (secondary N) is 1. The summed E-state index contributed by atoms with van der Waals surface area (Å²) in [5.74, 6) is 0.709. The van der Waals surface area contributed by atoms with Gasteiger partial charge in [-0.3, -0.25) is 0 Å². The summed E-state index contributed by atoms with van der Waals surface area (Å²) in [4.78, 5) is 0. The fraction of sp³-hybridized carbons (Fsp3) is 0.667. The van der Waals surface area contributed by atoms with Gasteiger partial charge < -0.3 is 10.1 Å². The van der Waals surface area contributed by atoms with Gasteiger partial charge in [-0.2, -0.15) is 0 Å². The number of hydrogen-bond donors (Lipinski definition) is 1. The van der Waals surface area contributed by atoms with E-state index in [9.17, 15) is 0 Å². The van der Waals surface area contributed by atoms with Crippen LogP contribution in [0.2, 0.25) is 0 Å². The molecule has 2 fully saturated rings. The predicted octanol–water partition coefficient (Wildman–Crippen LogP) is 4.35. The Morgan fingerprint density at radius 1 is 1.20 bits per heavy atom. The van der Waals surface area contributed by atoms with Crippen LogP contribution in [0.15, 0.2) is 24.3 Å². The van der Waals surface area contributed by atoms with Crippen LogP contribution in [0.5, 0.6) is 0 Å². The second kappa shape index (κ2) is 5.40. The number of benzene rings is 1. The zero-order chi connectivity index (χ0) is 14.2. The summed E-state index contributed by atoms with van der Waals surface area (Å²) < 4.78 is 5.91. The molecule has 1 aromatic rings. The maximum atomic E-state index is 5.91. The van der Waals surface area contributed by atoms with Gasteiger partial charge in [-0.05, 0) is 48.8 Å². The molecule has 1 aromatic carbocycles. The van der Waals surface area contributed by atoms with Crippen molar-refractivity contribution in [1.29, 1.82) is 0 Å². The summed E-state index contributed by atoms with van der Waals surface area (Å²) in [6, 6.07) is 8.98. The Morgan fingerprint density at radius 2 is 1.95 bits per heavy atom. The third kappa shape index (κ3) is 2.71. The second-order valence-electron chi connectivity index (χ2n) is 7.07. The third-order valence-electron chi connectivity index (χ3n) is 5.35. The van der Waals surface area contributed by atoms with E-state index in [1.165, 1.54) is 36.9 Å². The lowest BCUT2D eigenvalue weighted by Gasteiger charge is -2.24. The highest BCUT2D eigenvalue weighted by atomic mass is 16.5. The first-order valence-corrected chi connectivity index (χ1v) is 8.08. The minimum Gasteiger partial charge on any atom is -0.385 e. The molecule has 1 N–H and O–H groups in total. The lowest BCUT2D eigenvalue weighted by Crippen LogP contribution is -2.24. The van der Waals surface area contributed by atoms with Gasteiger partial charge in [0.15, 0.2) is 0 Å². The van der Waals surface area contributed by atoms with E-state index in [-0.39, 0.29) is 5.41 Å². The van der Waals surface area contributed by atoms with Gasteiger partial charge in [-0.25, -0.2) is 0 Å². The summed E-state index contributed by atoms with van der Waals surface area (Å²) in [6.45, 7) is 7.92. The second-order valence-corrected chi connectivity index (χ2v) is 7.07. The standard InChI is InChI=1S/C18H27NO/c1-4-18(2,3)14-5-7-15(8-6-14)19-12-13-11-16-9-10-17(13)20-16/h5-8,13,16-17,19H,4,9-12H2,1-3H3. The maximum Gasteiger partial charge on any atom is 0.0625 e. The van der Waals surface area contributed by atoms with Crippen LogP contribution < -0.4 is 5.32 Å². The molecule has 110 valence electrons. The van der Waals surface area contributed by atoms with Crippen LogP contribution in [0.3, 0.4) is 0 Å². The Bertz CT molecular complexity index is 451. The van der Waals surface area contributed by atoms with Crippen LogP contribution in [0.1, 0.15) is 52.0 Å². The quantitative estimate of drug-likeness (QED) is 0.861. The molecule has 3 atom stereocenters. The van der Waals surface area contributed by atoms with Crippen molar-refractivity contribution in [2.24, 2.45) is 5.92 Å². The minimum atomic E-state index is 0.275. The molecule has 0 aliphatic carbocycles. The highest BCUT2D eigenvalue weighted by molar-refractivity contribution is 5.46. The maximum absolute atomic E-state index is 5.91. The lowest BCUT2D eigenvalue weighted by atomic mass is 9.82. The molecule has 2 aliphatic heterocycles. The zero-order valence-electron chi connectivity index (χ0n) is 13.0.